The van der Waals surface area contributed by atoms with Crippen LogP contribution in [0.15, 0.2) is 59.6 Å². The van der Waals surface area contributed by atoms with Gasteiger partial charge in [0, 0.05) is 30.3 Å². The van der Waals surface area contributed by atoms with Crippen LogP contribution in [0.4, 0.5) is 16.2 Å². The fourth-order valence-electron chi connectivity index (χ4n) is 3.57. The number of carbonyl (C=O) groups excluding carboxylic acids is 2. The van der Waals surface area contributed by atoms with E-state index in [1.807, 2.05) is 22.4 Å². The summed E-state index contributed by atoms with van der Waals surface area (Å²) in [5, 5.41) is 14.1. The van der Waals surface area contributed by atoms with Crippen molar-refractivity contribution in [1.82, 2.24) is 14.7 Å². The van der Waals surface area contributed by atoms with Gasteiger partial charge < -0.3 is 15.5 Å². The number of hydrogen-bond acceptors (Lipinski definition) is 4. The number of nitrogens with zero attached hydrogens (tertiary/aromatic N) is 3. The zero-order chi connectivity index (χ0) is 20.2. The summed E-state index contributed by atoms with van der Waals surface area (Å²) in [7, 11) is 0. The summed E-state index contributed by atoms with van der Waals surface area (Å²) >= 11 is 1.65. The first kappa shape index (κ1) is 19.2. The van der Waals surface area contributed by atoms with Crippen LogP contribution in [0, 0.1) is 0 Å². The highest BCUT2D eigenvalue weighted by Crippen LogP contribution is 2.33. The van der Waals surface area contributed by atoms with E-state index in [2.05, 4.69) is 27.2 Å². The van der Waals surface area contributed by atoms with Crippen molar-refractivity contribution in [3.8, 4) is 0 Å². The molecule has 4 rings (SSSR count). The largest absolute Gasteiger partial charge is 0.324 e. The number of likely N-dealkylation sites (tertiary alicyclic amines) is 1. The number of carbonyl (C=O) groups is 2. The van der Waals surface area contributed by atoms with Gasteiger partial charge in [0.2, 0.25) is 5.91 Å². The molecule has 1 aliphatic heterocycles. The number of benzene rings is 1. The predicted octanol–water partition coefficient (Wildman–Crippen LogP) is 4.51. The molecule has 2 N–H and O–H groups in total. The van der Waals surface area contributed by atoms with Gasteiger partial charge in [0.05, 0.1) is 6.04 Å². The lowest BCUT2D eigenvalue weighted by molar-refractivity contribution is -0.119. The number of nitrogens with one attached hydrogen (secondary N) is 2. The molecule has 0 saturated carbocycles. The quantitative estimate of drug-likeness (QED) is 0.651. The van der Waals surface area contributed by atoms with Crippen LogP contribution in [-0.2, 0) is 4.79 Å². The van der Waals surface area contributed by atoms with E-state index >= 15 is 0 Å². The third kappa shape index (κ3) is 4.32. The van der Waals surface area contributed by atoms with Crippen LogP contribution in [0.1, 0.15) is 37.4 Å². The fraction of sp³-hybridized carbons (Fsp3) is 0.286. The lowest BCUT2D eigenvalue weighted by Crippen LogP contribution is -2.34. The zero-order valence-electron chi connectivity index (χ0n) is 16.1. The molecule has 0 spiro atoms. The van der Waals surface area contributed by atoms with Gasteiger partial charge in [0.1, 0.15) is 6.04 Å². The zero-order valence-corrected chi connectivity index (χ0v) is 16.9. The number of hydrogen-bond donors (Lipinski definition) is 2. The van der Waals surface area contributed by atoms with Crippen LogP contribution in [-0.4, -0.2) is 33.2 Å². The summed E-state index contributed by atoms with van der Waals surface area (Å²) in [5.41, 5.74) is 2.47. The number of anilines is 2. The molecule has 29 heavy (non-hydrogen) atoms. The molecule has 7 nitrogen and oxygen atoms in total. The van der Waals surface area contributed by atoms with Crippen molar-refractivity contribution in [2.75, 3.05) is 17.2 Å². The molecular formula is C21H23N5O2S. The first-order valence-corrected chi connectivity index (χ1v) is 10.6. The van der Waals surface area contributed by atoms with Crippen molar-refractivity contribution >= 4 is 34.6 Å². The second kappa shape index (κ2) is 8.48. The highest BCUT2D eigenvalue weighted by Gasteiger charge is 2.30. The molecule has 0 unspecified atom stereocenters. The predicted molar refractivity (Wildman–Crippen MR) is 114 cm³/mol. The van der Waals surface area contributed by atoms with Gasteiger partial charge in [-0.25, -0.2) is 4.79 Å². The topological polar surface area (TPSA) is 79.3 Å². The Hall–Kier alpha value is -3.13. The Morgan fingerprint density at radius 1 is 1.21 bits per heavy atom. The van der Waals surface area contributed by atoms with Gasteiger partial charge >= 0.3 is 6.03 Å². The summed E-state index contributed by atoms with van der Waals surface area (Å²) in [6, 6.07) is 10.6. The maximum absolute atomic E-state index is 12.8. The number of aromatic nitrogens is 2. The minimum Gasteiger partial charge on any atom is -0.324 e. The Bertz CT molecular complexity index is 971. The minimum atomic E-state index is -0.431. The minimum absolute atomic E-state index is 0.118. The molecule has 8 heteroatoms. The van der Waals surface area contributed by atoms with E-state index in [1.54, 1.807) is 53.5 Å². The lowest BCUT2D eigenvalue weighted by atomic mass is 10.1. The molecule has 3 heterocycles. The SMILES string of the molecule is C[C@H](C(=O)Nc1cccc(NC(=O)N2CCC[C@@H]2c2ccsc2)c1)n1cccn1. The van der Waals surface area contributed by atoms with Gasteiger partial charge in [-0.05, 0) is 66.4 Å². The van der Waals surface area contributed by atoms with Crippen LogP contribution in [0.2, 0.25) is 0 Å². The second-order valence-electron chi connectivity index (χ2n) is 7.07. The average Bonchev–Trinajstić information content (AvgIpc) is 3.49. The molecule has 150 valence electrons. The lowest BCUT2D eigenvalue weighted by Gasteiger charge is -2.24. The van der Waals surface area contributed by atoms with E-state index in [9.17, 15) is 9.59 Å². The van der Waals surface area contributed by atoms with E-state index < -0.39 is 6.04 Å². The molecule has 1 aromatic carbocycles. The summed E-state index contributed by atoms with van der Waals surface area (Å²) < 4.78 is 1.60. The van der Waals surface area contributed by atoms with Crippen LogP contribution in [0.5, 0.6) is 0 Å². The Balaban J connectivity index is 1.41. The molecule has 0 bridgehead atoms. The molecule has 2 aromatic heterocycles. The third-order valence-corrected chi connectivity index (χ3v) is 5.83. The van der Waals surface area contributed by atoms with Gasteiger partial charge in [-0.3, -0.25) is 9.48 Å². The van der Waals surface area contributed by atoms with Crippen LogP contribution >= 0.6 is 11.3 Å². The van der Waals surface area contributed by atoms with E-state index in [1.165, 1.54) is 5.56 Å². The molecule has 0 radical (unpaired) electrons. The Morgan fingerprint density at radius 2 is 2.03 bits per heavy atom. The summed E-state index contributed by atoms with van der Waals surface area (Å²) in [6.07, 6.45) is 5.36. The standard InChI is InChI=1S/C21H23N5O2S/c1-15(26-11-4-9-22-26)20(27)23-17-5-2-6-18(13-17)24-21(28)25-10-3-7-19(25)16-8-12-29-14-16/h2,4-6,8-9,11-15,19H,3,7,10H2,1H3,(H,23,27)(H,24,28)/t15-,19-/m1/s1. The van der Waals surface area contributed by atoms with Crippen molar-refractivity contribution in [2.45, 2.75) is 31.8 Å². The first-order chi connectivity index (χ1) is 14.1. The second-order valence-corrected chi connectivity index (χ2v) is 7.85. The Morgan fingerprint density at radius 3 is 2.76 bits per heavy atom. The van der Waals surface area contributed by atoms with Crippen LogP contribution < -0.4 is 10.6 Å². The maximum atomic E-state index is 12.8. The average molecular weight is 410 g/mol. The number of rotatable bonds is 5. The van der Waals surface area contributed by atoms with Crippen molar-refractivity contribution in [2.24, 2.45) is 0 Å². The molecule has 3 aromatic rings. The molecule has 0 aliphatic carbocycles. The van der Waals surface area contributed by atoms with Gasteiger partial charge in [-0.15, -0.1) is 0 Å². The van der Waals surface area contributed by atoms with Crippen LogP contribution in [0.3, 0.4) is 0 Å². The molecule has 1 aliphatic rings. The Labute approximate surface area is 173 Å². The molecule has 1 fully saturated rings. The summed E-state index contributed by atoms with van der Waals surface area (Å²) in [6.45, 7) is 2.52. The third-order valence-electron chi connectivity index (χ3n) is 5.12. The number of thiophene rings is 1. The van der Waals surface area contributed by atoms with E-state index in [4.69, 9.17) is 0 Å². The van der Waals surface area contributed by atoms with E-state index in [0.29, 0.717) is 11.4 Å². The van der Waals surface area contributed by atoms with Crippen molar-refractivity contribution < 1.29 is 9.59 Å². The normalized spacial score (nSPS) is 17.1. The number of amides is 3. The van der Waals surface area contributed by atoms with Crippen molar-refractivity contribution in [1.29, 1.82) is 0 Å². The highest BCUT2D eigenvalue weighted by molar-refractivity contribution is 7.08. The molecular weight excluding hydrogens is 386 g/mol. The van der Waals surface area contributed by atoms with Crippen molar-refractivity contribution in [3.63, 3.8) is 0 Å². The maximum Gasteiger partial charge on any atom is 0.322 e. The van der Waals surface area contributed by atoms with Crippen LogP contribution in [0.25, 0.3) is 0 Å². The molecule has 3 amide bonds. The van der Waals surface area contributed by atoms with Gasteiger partial charge in [-0.1, -0.05) is 6.07 Å². The summed E-state index contributed by atoms with van der Waals surface area (Å²) in [4.78, 5) is 27.2. The fourth-order valence-corrected chi connectivity index (χ4v) is 4.27. The van der Waals surface area contributed by atoms with E-state index in [-0.39, 0.29) is 18.0 Å². The van der Waals surface area contributed by atoms with Gasteiger partial charge in [-0.2, -0.15) is 16.4 Å². The van der Waals surface area contributed by atoms with Gasteiger partial charge in [0.25, 0.3) is 0 Å². The first-order valence-electron chi connectivity index (χ1n) is 9.61. The number of urea groups is 1. The van der Waals surface area contributed by atoms with Crippen molar-refractivity contribution in [3.05, 3.63) is 65.1 Å². The Kier molecular flexibility index (Phi) is 5.62. The summed E-state index contributed by atoms with van der Waals surface area (Å²) in [5.74, 6) is -0.172. The molecule has 2 atom stereocenters. The van der Waals surface area contributed by atoms with E-state index in [0.717, 1.165) is 19.4 Å². The molecule has 1 saturated heterocycles. The highest BCUT2D eigenvalue weighted by atomic mass is 32.1. The smallest absolute Gasteiger partial charge is 0.322 e. The van der Waals surface area contributed by atoms with Gasteiger partial charge in [0.15, 0.2) is 0 Å². The monoisotopic (exact) mass is 409 g/mol.